The summed E-state index contributed by atoms with van der Waals surface area (Å²) in [5.41, 5.74) is 10.5. The second kappa shape index (κ2) is 3.37. The number of hydrogen-bond acceptors (Lipinski definition) is 1. The summed E-state index contributed by atoms with van der Waals surface area (Å²) in [5.74, 6) is 0.176. The van der Waals surface area contributed by atoms with Gasteiger partial charge < -0.3 is 10.4 Å². The second-order valence-corrected chi connectivity index (χ2v) is 3.09. The Morgan fingerprint density at radius 3 is 2.67 bits per heavy atom. The first-order valence-corrected chi connectivity index (χ1v) is 3.94. The third-order valence-corrected chi connectivity index (χ3v) is 2.05. The fraction of sp³-hybridized carbons (Fsp3) is 0.444. The average molecular weight is 163 g/mol. The van der Waals surface area contributed by atoms with Crippen molar-refractivity contribution in [1.29, 1.82) is 0 Å². The molecule has 1 aliphatic carbocycles. The molecule has 0 saturated heterocycles. The van der Waals surface area contributed by atoms with Crippen molar-refractivity contribution >= 4 is 5.71 Å². The molecular weight excluding hydrogens is 150 g/mol. The Morgan fingerprint density at radius 1 is 1.50 bits per heavy atom. The van der Waals surface area contributed by atoms with Crippen LogP contribution in [0, 0.1) is 5.92 Å². The summed E-state index contributed by atoms with van der Waals surface area (Å²) in [7, 11) is 3.97. The molecular formula is C9H13N3. The van der Waals surface area contributed by atoms with Gasteiger partial charge >= 0.3 is 5.71 Å². The van der Waals surface area contributed by atoms with E-state index >= 15 is 0 Å². The zero-order valence-corrected chi connectivity index (χ0v) is 7.65. The van der Waals surface area contributed by atoms with E-state index in [4.69, 9.17) is 5.53 Å². The molecule has 1 rings (SSSR count). The van der Waals surface area contributed by atoms with Crippen molar-refractivity contribution in [3.05, 3.63) is 29.5 Å². The summed E-state index contributed by atoms with van der Waals surface area (Å²) >= 11 is 0. The Hall–Kier alpha value is -1.34. The summed E-state index contributed by atoms with van der Waals surface area (Å²) in [6.45, 7) is 2.02. The standard InChI is InChI=1S/C9H13N3/c1-7-8(11-10)5-4-6-9(7)12(2)3/h4-7H,1-3H3. The summed E-state index contributed by atoms with van der Waals surface area (Å²) in [6, 6.07) is 0. The van der Waals surface area contributed by atoms with Gasteiger partial charge in [-0.3, -0.25) is 0 Å². The van der Waals surface area contributed by atoms with Crippen LogP contribution in [0.3, 0.4) is 0 Å². The Bertz CT molecular complexity index is 280. The molecule has 0 radical (unpaired) electrons. The van der Waals surface area contributed by atoms with Crippen molar-refractivity contribution < 1.29 is 4.79 Å². The van der Waals surface area contributed by atoms with E-state index < -0.39 is 0 Å². The van der Waals surface area contributed by atoms with Gasteiger partial charge in [-0.2, -0.15) is 4.79 Å². The maximum absolute atomic E-state index is 8.65. The first kappa shape index (κ1) is 8.75. The van der Waals surface area contributed by atoms with E-state index in [0.717, 1.165) is 5.70 Å². The van der Waals surface area contributed by atoms with Gasteiger partial charge in [0.15, 0.2) is 0 Å². The van der Waals surface area contributed by atoms with Gasteiger partial charge in [-0.15, -0.1) is 0 Å². The molecule has 0 saturated carbocycles. The normalized spacial score (nSPS) is 21.8. The number of nitrogens with zero attached hydrogens (tertiary/aromatic N) is 3. The SMILES string of the molecule is CC1C(N(C)C)=CC=CC1=[N+]=[N-]. The zero-order chi connectivity index (χ0) is 9.14. The van der Waals surface area contributed by atoms with Gasteiger partial charge in [0.05, 0.1) is 5.92 Å². The molecule has 0 aromatic rings. The third kappa shape index (κ3) is 1.46. The lowest BCUT2D eigenvalue weighted by molar-refractivity contribution is -0.00962. The Labute approximate surface area is 72.6 Å². The third-order valence-electron chi connectivity index (χ3n) is 2.05. The van der Waals surface area contributed by atoms with Gasteiger partial charge in [-0.05, 0) is 13.0 Å². The number of allylic oxidation sites excluding steroid dienone is 4. The second-order valence-electron chi connectivity index (χ2n) is 3.09. The molecule has 0 aromatic carbocycles. The van der Waals surface area contributed by atoms with Crippen LogP contribution in [0.15, 0.2) is 23.9 Å². The van der Waals surface area contributed by atoms with E-state index in [0.29, 0.717) is 5.71 Å². The minimum absolute atomic E-state index is 0.176. The molecule has 3 nitrogen and oxygen atoms in total. The van der Waals surface area contributed by atoms with Crippen molar-refractivity contribution in [2.45, 2.75) is 6.92 Å². The van der Waals surface area contributed by atoms with Crippen LogP contribution in [0.4, 0.5) is 0 Å². The van der Waals surface area contributed by atoms with E-state index in [1.165, 1.54) is 0 Å². The minimum atomic E-state index is 0.176. The molecule has 0 heterocycles. The van der Waals surface area contributed by atoms with Crippen molar-refractivity contribution in [2.75, 3.05) is 14.1 Å². The highest BCUT2D eigenvalue weighted by Crippen LogP contribution is 2.18. The molecule has 0 bridgehead atoms. The Balaban J connectivity index is 2.98. The fourth-order valence-electron chi connectivity index (χ4n) is 1.34. The first-order valence-electron chi connectivity index (χ1n) is 3.94. The number of rotatable bonds is 1. The van der Waals surface area contributed by atoms with Crippen LogP contribution in [0.5, 0.6) is 0 Å². The molecule has 0 aliphatic heterocycles. The smallest absolute Gasteiger partial charge is 0.300 e. The highest BCUT2D eigenvalue weighted by atomic mass is 15.1. The zero-order valence-electron chi connectivity index (χ0n) is 7.65. The summed E-state index contributed by atoms with van der Waals surface area (Å²) in [6.07, 6.45) is 5.74. The summed E-state index contributed by atoms with van der Waals surface area (Å²) in [5, 5.41) is 0. The molecule has 0 fully saturated rings. The molecule has 64 valence electrons. The van der Waals surface area contributed by atoms with E-state index in [1.54, 1.807) is 0 Å². The van der Waals surface area contributed by atoms with Crippen molar-refractivity contribution in [3.8, 4) is 0 Å². The first-order chi connectivity index (χ1) is 5.66. The van der Waals surface area contributed by atoms with Crippen LogP contribution in [0.1, 0.15) is 6.92 Å². The molecule has 0 spiro atoms. The predicted molar refractivity (Wildman–Crippen MR) is 48.7 cm³/mol. The van der Waals surface area contributed by atoms with E-state index in [9.17, 15) is 0 Å². The maximum Gasteiger partial charge on any atom is 0.300 e. The monoisotopic (exact) mass is 163 g/mol. The van der Waals surface area contributed by atoms with E-state index in [2.05, 4.69) is 4.79 Å². The lowest BCUT2D eigenvalue weighted by Gasteiger charge is -2.21. The molecule has 1 aliphatic rings. The summed E-state index contributed by atoms with van der Waals surface area (Å²) < 4.78 is 0. The minimum Gasteiger partial charge on any atom is -0.380 e. The van der Waals surface area contributed by atoms with Crippen LogP contribution in [0.2, 0.25) is 0 Å². The summed E-state index contributed by atoms with van der Waals surface area (Å²) in [4.78, 5) is 5.25. The van der Waals surface area contributed by atoms with Gasteiger partial charge in [0.1, 0.15) is 0 Å². The van der Waals surface area contributed by atoms with E-state index in [1.807, 2.05) is 44.1 Å². The molecule has 0 amide bonds. The van der Waals surface area contributed by atoms with Crippen molar-refractivity contribution in [2.24, 2.45) is 5.92 Å². The van der Waals surface area contributed by atoms with E-state index in [-0.39, 0.29) is 5.92 Å². The highest BCUT2D eigenvalue weighted by Gasteiger charge is 2.23. The molecule has 0 N–H and O–H groups in total. The van der Waals surface area contributed by atoms with Crippen LogP contribution in [-0.4, -0.2) is 29.5 Å². The predicted octanol–water partition coefficient (Wildman–Crippen LogP) is 1.31. The molecule has 12 heavy (non-hydrogen) atoms. The van der Waals surface area contributed by atoms with Gasteiger partial charge in [-0.1, -0.05) is 6.08 Å². The van der Waals surface area contributed by atoms with Crippen LogP contribution in [-0.2, 0) is 0 Å². The van der Waals surface area contributed by atoms with Gasteiger partial charge in [0.2, 0.25) is 0 Å². The number of hydrogen-bond donors (Lipinski definition) is 0. The molecule has 3 heteroatoms. The molecule has 1 atom stereocenters. The van der Waals surface area contributed by atoms with Crippen LogP contribution < -0.4 is 0 Å². The molecule has 0 aromatic heterocycles. The van der Waals surface area contributed by atoms with Gasteiger partial charge in [-0.25, -0.2) is 0 Å². The Morgan fingerprint density at radius 2 is 2.17 bits per heavy atom. The fourth-order valence-corrected chi connectivity index (χ4v) is 1.34. The maximum atomic E-state index is 8.65. The van der Waals surface area contributed by atoms with Crippen LogP contribution in [0.25, 0.3) is 5.53 Å². The average Bonchev–Trinajstić information content (AvgIpc) is 2.04. The molecule has 1 unspecified atom stereocenters. The quantitative estimate of drug-likeness (QED) is 0.424. The van der Waals surface area contributed by atoms with Gasteiger partial charge in [0, 0.05) is 25.9 Å². The topological polar surface area (TPSA) is 39.6 Å². The van der Waals surface area contributed by atoms with Crippen molar-refractivity contribution in [3.63, 3.8) is 0 Å². The Kier molecular flexibility index (Phi) is 2.46. The largest absolute Gasteiger partial charge is 0.380 e. The lowest BCUT2D eigenvalue weighted by atomic mass is 9.96. The van der Waals surface area contributed by atoms with Crippen LogP contribution >= 0.6 is 0 Å². The van der Waals surface area contributed by atoms with Crippen molar-refractivity contribution in [1.82, 2.24) is 4.90 Å². The lowest BCUT2D eigenvalue weighted by Crippen LogP contribution is -2.24. The highest BCUT2D eigenvalue weighted by molar-refractivity contribution is 5.95. The van der Waals surface area contributed by atoms with Gasteiger partial charge in [0.25, 0.3) is 0 Å².